The molecule has 14 heteroatoms. The van der Waals surface area contributed by atoms with Crippen LogP contribution in [0.1, 0.15) is 101 Å². The molecule has 0 saturated carbocycles. The number of benzene rings is 2. The number of aliphatic hydroxyl groups excluding tert-OH is 1. The molecule has 5 atom stereocenters. The molecule has 13 nitrogen and oxygen atoms in total. The fraction of sp³-hybridized carbons (Fsp3) is 0.457. The Labute approximate surface area is 354 Å². The number of hydrogen-bond acceptors (Lipinski definition) is 13. The summed E-state index contributed by atoms with van der Waals surface area (Å²) in [6.45, 7) is 12.8. The second-order valence-corrected chi connectivity index (χ2v) is 17.3. The molecule has 3 heterocycles. The second kappa shape index (κ2) is 20.7. The van der Waals surface area contributed by atoms with Gasteiger partial charge < -0.3 is 24.1 Å². The lowest BCUT2D eigenvalue weighted by Gasteiger charge is -2.37. The molecule has 2 aromatic carbocycles. The van der Waals surface area contributed by atoms with Crippen LogP contribution in [0, 0.1) is 24.2 Å². The van der Waals surface area contributed by atoms with Crippen LogP contribution in [0.3, 0.4) is 0 Å². The minimum Gasteiger partial charge on any atom is -0.457 e. The predicted octanol–water partition coefficient (Wildman–Crippen LogP) is 8.22. The highest BCUT2D eigenvalue weighted by atomic mass is 32.1. The van der Waals surface area contributed by atoms with Crippen LogP contribution in [-0.4, -0.2) is 69.4 Å². The number of carbonyl (C=O) groups excluding carboxylic acids is 6. The van der Waals surface area contributed by atoms with E-state index in [0.717, 1.165) is 44.1 Å². The summed E-state index contributed by atoms with van der Waals surface area (Å²) in [6.07, 6.45) is 4.48. The van der Waals surface area contributed by atoms with Crippen LogP contribution in [0.25, 0.3) is 10.2 Å². The van der Waals surface area contributed by atoms with E-state index < -0.39 is 71.8 Å². The quantitative estimate of drug-likeness (QED) is 0.0849. The van der Waals surface area contributed by atoms with Crippen molar-refractivity contribution in [2.24, 2.45) is 17.3 Å². The minimum atomic E-state index is -1.44. The first-order chi connectivity index (χ1) is 28.5. The highest BCUT2D eigenvalue weighted by Gasteiger charge is 2.45. The first-order valence-electron chi connectivity index (χ1n) is 20.3. The van der Waals surface area contributed by atoms with Crippen molar-refractivity contribution in [2.75, 3.05) is 6.54 Å². The lowest BCUT2D eigenvalue weighted by Crippen LogP contribution is -2.47. The zero-order valence-corrected chi connectivity index (χ0v) is 35.7. The molecular formula is C46H54N2O11S. The molecule has 2 aliphatic rings. The third-order valence-electron chi connectivity index (χ3n) is 11.0. The van der Waals surface area contributed by atoms with Gasteiger partial charge in [0, 0.05) is 31.5 Å². The lowest BCUT2D eigenvalue weighted by atomic mass is 9.71. The molecular weight excluding hydrogens is 789 g/mol. The van der Waals surface area contributed by atoms with Crippen molar-refractivity contribution in [2.45, 2.75) is 111 Å². The first kappa shape index (κ1) is 45.6. The highest BCUT2D eigenvalue weighted by Crippen LogP contribution is 2.37. The Balaban J connectivity index is 1.24. The molecule has 5 rings (SSSR count). The number of imide groups is 1. The molecule has 0 radical (unpaired) electrons. The maximum absolute atomic E-state index is 14.4. The van der Waals surface area contributed by atoms with E-state index in [2.05, 4.69) is 17.6 Å². The van der Waals surface area contributed by atoms with Crippen molar-refractivity contribution in [3.8, 4) is 5.75 Å². The number of thiazole rings is 1. The Morgan fingerprint density at radius 1 is 1.07 bits per heavy atom. The van der Waals surface area contributed by atoms with Gasteiger partial charge >= 0.3 is 18.1 Å². The summed E-state index contributed by atoms with van der Waals surface area (Å²) < 4.78 is 23.9. The summed E-state index contributed by atoms with van der Waals surface area (Å²) >= 11 is 1.59. The fourth-order valence-corrected chi connectivity index (χ4v) is 8.18. The summed E-state index contributed by atoms with van der Waals surface area (Å²) in [5.41, 5.74) is 1.84. The number of carbonyl (C=O) groups is 6. The molecule has 2 aliphatic heterocycles. The SMILES string of the molecule is C=CC[C@H]1C(=O)C(C)(C)[C@@H](O)CC(=O)O[C@H](c2ccc3sc(C)nc3c2)C/C=C(/C)CCC[C@H](C)[C@@H]1OC(=O)OCc1ccc(OC(=O)CCCN2C(=O)C=CC2=O)cc1. The summed E-state index contributed by atoms with van der Waals surface area (Å²) in [6, 6.07) is 12.2. The number of aliphatic hydroxyl groups is 1. The van der Waals surface area contributed by atoms with E-state index in [4.69, 9.17) is 18.9 Å². The van der Waals surface area contributed by atoms with Crippen LogP contribution in [-0.2, 0) is 44.8 Å². The fourth-order valence-electron chi connectivity index (χ4n) is 7.37. The largest absolute Gasteiger partial charge is 0.508 e. The third-order valence-corrected chi connectivity index (χ3v) is 12.0. The molecule has 1 N–H and O–H groups in total. The topological polar surface area (TPSA) is 176 Å². The van der Waals surface area contributed by atoms with Gasteiger partial charge in [0.05, 0.1) is 39.1 Å². The van der Waals surface area contributed by atoms with E-state index in [1.54, 1.807) is 55.5 Å². The predicted molar refractivity (Wildman–Crippen MR) is 225 cm³/mol. The van der Waals surface area contributed by atoms with Crippen molar-refractivity contribution >= 4 is 57.2 Å². The molecule has 0 fully saturated rings. The molecule has 0 unspecified atom stereocenters. The normalized spacial score (nSPS) is 23.8. The van der Waals surface area contributed by atoms with Gasteiger partial charge in [0.25, 0.3) is 11.8 Å². The average molecular weight is 843 g/mol. The molecule has 0 bridgehead atoms. The van der Waals surface area contributed by atoms with Gasteiger partial charge in [0.1, 0.15) is 30.3 Å². The maximum atomic E-state index is 14.4. The molecule has 320 valence electrons. The molecule has 3 aromatic rings. The van der Waals surface area contributed by atoms with Gasteiger partial charge in [-0.25, -0.2) is 9.78 Å². The lowest BCUT2D eigenvalue weighted by molar-refractivity contribution is -0.156. The number of nitrogens with zero attached hydrogens (tertiary/aromatic N) is 2. The monoisotopic (exact) mass is 842 g/mol. The number of fused-ring (bicyclic) bond motifs is 1. The van der Waals surface area contributed by atoms with E-state index in [-0.39, 0.29) is 44.1 Å². The highest BCUT2D eigenvalue weighted by molar-refractivity contribution is 7.18. The number of hydrogen-bond donors (Lipinski definition) is 1. The molecule has 0 spiro atoms. The molecule has 2 amide bonds. The van der Waals surface area contributed by atoms with E-state index >= 15 is 0 Å². The Kier molecular flexibility index (Phi) is 15.7. The van der Waals surface area contributed by atoms with Crippen LogP contribution in [0.4, 0.5) is 4.79 Å². The number of esters is 2. The molecule has 1 aromatic heterocycles. The smallest absolute Gasteiger partial charge is 0.457 e. The van der Waals surface area contributed by atoms with Crippen molar-refractivity contribution in [3.05, 3.63) is 95.1 Å². The van der Waals surface area contributed by atoms with Crippen molar-refractivity contribution in [3.63, 3.8) is 0 Å². The number of ketones is 1. The van der Waals surface area contributed by atoms with Gasteiger partial charge in [-0.3, -0.25) is 28.9 Å². The minimum absolute atomic E-state index is 0.00604. The Morgan fingerprint density at radius 3 is 2.48 bits per heavy atom. The van der Waals surface area contributed by atoms with Gasteiger partial charge in [0.2, 0.25) is 0 Å². The van der Waals surface area contributed by atoms with E-state index in [1.165, 1.54) is 12.2 Å². The number of amides is 2. The zero-order valence-electron chi connectivity index (χ0n) is 34.8. The van der Waals surface area contributed by atoms with Crippen LogP contribution >= 0.6 is 11.3 Å². The number of ether oxygens (including phenoxy) is 4. The molecule has 0 aliphatic carbocycles. The van der Waals surface area contributed by atoms with Gasteiger partial charge in [-0.15, -0.1) is 17.9 Å². The summed E-state index contributed by atoms with van der Waals surface area (Å²) in [7, 11) is 0. The van der Waals surface area contributed by atoms with Crippen LogP contribution in [0.15, 0.2) is 78.9 Å². The number of rotatable bonds is 11. The summed E-state index contributed by atoms with van der Waals surface area (Å²) in [5, 5.41) is 12.4. The summed E-state index contributed by atoms with van der Waals surface area (Å²) in [5.74, 6) is -3.34. The zero-order chi connectivity index (χ0) is 43.6. The number of aryl methyl sites for hydroxylation is 1. The number of cyclic esters (lactones) is 1. The van der Waals surface area contributed by atoms with E-state index in [1.807, 2.05) is 39.0 Å². The molecule has 0 saturated heterocycles. The Morgan fingerprint density at radius 2 is 1.78 bits per heavy atom. The van der Waals surface area contributed by atoms with E-state index in [0.29, 0.717) is 18.4 Å². The Hall–Kier alpha value is -5.47. The van der Waals surface area contributed by atoms with Crippen LogP contribution in [0.2, 0.25) is 0 Å². The van der Waals surface area contributed by atoms with Gasteiger partial charge in [-0.1, -0.05) is 56.7 Å². The molecule has 60 heavy (non-hydrogen) atoms. The number of aromatic nitrogens is 1. The second-order valence-electron chi connectivity index (χ2n) is 16.0. The van der Waals surface area contributed by atoms with E-state index in [9.17, 15) is 33.9 Å². The maximum Gasteiger partial charge on any atom is 0.508 e. The summed E-state index contributed by atoms with van der Waals surface area (Å²) in [4.78, 5) is 82.6. The Bertz CT molecular complexity index is 2120. The van der Waals surface area contributed by atoms with Gasteiger partial charge in [0.15, 0.2) is 0 Å². The standard InChI is InChI=1S/C46H54N2O11S/c1-7-10-34-43(59-45(55)56-27-31-15-18-33(19-16-31)57-41(52)13-9-24-48-39(50)22-23-40(48)51)29(3)12-8-11-28(2)14-20-36(32-17-21-37-35(25-32)47-30(4)60-37)58-42(53)26-38(49)46(5,6)44(34)54/h7,14-19,21-23,25,29,34,36,38,43,49H,1,8-13,20,24,26-27H2,2-6H3/b28-14-/t29-,34+,36-,38-,43-/m0/s1. The van der Waals surface area contributed by atoms with Crippen LogP contribution < -0.4 is 4.74 Å². The van der Waals surface area contributed by atoms with Gasteiger partial charge in [-0.05, 0) is 87.3 Å². The number of Topliss-reactive ketones (excluding diaryl/α,β-unsaturated/α-hetero) is 1. The van der Waals surface area contributed by atoms with Crippen LogP contribution in [0.5, 0.6) is 5.75 Å². The van der Waals surface area contributed by atoms with Crippen molar-refractivity contribution in [1.29, 1.82) is 0 Å². The third kappa shape index (κ3) is 12.1. The first-order valence-corrected chi connectivity index (χ1v) is 21.1. The average Bonchev–Trinajstić information content (AvgIpc) is 3.75. The number of allylic oxidation sites excluding steroid dienone is 2. The van der Waals surface area contributed by atoms with Gasteiger partial charge in [-0.2, -0.15) is 0 Å². The van der Waals surface area contributed by atoms with Crippen molar-refractivity contribution < 1.29 is 52.8 Å². The van der Waals surface area contributed by atoms with Crippen molar-refractivity contribution in [1.82, 2.24) is 9.88 Å².